The van der Waals surface area contributed by atoms with Crippen molar-refractivity contribution in [3.05, 3.63) is 55.5 Å². The maximum atomic E-state index is 12.7. The highest BCUT2D eigenvalue weighted by molar-refractivity contribution is 14.1. The third kappa shape index (κ3) is 2.23. The van der Waals surface area contributed by atoms with Gasteiger partial charge < -0.3 is 4.42 Å². The Morgan fingerprint density at radius 3 is 2.84 bits per heavy atom. The standard InChI is InChI=1S/C15H11IO2S/c1-2-11-14(10-5-3-4-6-12(10)18-11)15(17)9-7-13(16)19-8-9/h3-8H,2H2,1H3. The molecular formula is C15H11IO2S. The van der Waals surface area contributed by atoms with Gasteiger partial charge in [0.2, 0.25) is 0 Å². The minimum Gasteiger partial charge on any atom is -0.460 e. The summed E-state index contributed by atoms with van der Waals surface area (Å²) in [6, 6.07) is 9.64. The van der Waals surface area contributed by atoms with Crippen LogP contribution >= 0.6 is 33.9 Å². The van der Waals surface area contributed by atoms with Gasteiger partial charge in [-0.25, -0.2) is 0 Å². The molecule has 0 radical (unpaired) electrons. The Kier molecular flexibility index (Phi) is 3.45. The number of carbonyl (C=O) groups is 1. The molecule has 2 aromatic heterocycles. The largest absolute Gasteiger partial charge is 0.460 e. The van der Waals surface area contributed by atoms with Crippen molar-refractivity contribution < 1.29 is 9.21 Å². The Hall–Kier alpha value is -1.14. The molecule has 1 aromatic carbocycles. The lowest BCUT2D eigenvalue weighted by Gasteiger charge is -1.98. The highest BCUT2D eigenvalue weighted by atomic mass is 127. The van der Waals surface area contributed by atoms with Gasteiger partial charge in [0.25, 0.3) is 0 Å². The summed E-state index contributed by atoms with van der Waals surface area (Å²) in [7, 11) is 0. The molecule has 0 saturated carbocycles. The van der Waals surface area contributed by atoms with Crippen LogP contribution in [0.3, 0.4) is 0 Å². The molecule has 0 fully saturated rings. The molecule has 0 aliphatic heterocycles. The van der Waals surface area contributed by atoms with Gasteiger partial charge in [-0.1, -0.05) is 25.1 Å². The molecule has 2 nitrogen and oxygen atoms in total. The normalized spacial score (nSPS) is 11.1. The molecular weight excluding hydrogens is 371 g/mol. The van der Waals surface area contributed by atoms with E-state index in [1.807, 2.05) is 42.6 Å². The fraction of sp³-hybridized carbons (Fsp3) is 0.133. The maximum Gasteiger partial charge on any atom is 0.198 e. The van der Waals surface area contributed by atoms with E-state index in [-0.39, 0.29) is 5.78 Å². The van der Waals surface area contributed by atoms with E-state index in [2.05, 4.69) is 22.6 Å². The number of halogens is 1. The van der Waals surface area contributed by atoms with E-state index in [0.29, 0.717) is 5.56 Å². The van der Waals surface area contributed by atoms with Gasteiger partial charge in [0.05, 0.1) is 8.45 Å². The van der Waals surface area contributed by atoms with E-state index < -0.39 is 0 Å². The fourth-order valence-corrected chi connectivity index (χ4v) is 3.49. The van der Waals surface area contributed by atoms with Gasteiger partial charge in [0, 0.05) is 22.8 Å². The third-order valence-corrected chi connectivity index (χ3v) is 4.84. The molecule has 4 heteroatoms. The summed E-state index contributed by atoms with van der Waals surface area (Å²) in [5.41, 5.74) is 2.25. The van der Waals surface area contributed by atoms with Crippen molar-refractivity contribution in [2.24, 2.45) is 0 Å². The predicted octanol–water partition coefficient (Wildman–Crippen LogP) is 4.89. The second kappa shape index (κ2) is 5.09. The van der Waals surface area contributed by atoms with Gasteiger partial charge in [-0.3, -0.25) is 4.79 Å². The van der Waals surface area contributed by atoms with E-state index in [9.17, 15) is 4.79 Å². The number of benzene rings is 1. The Labute approximate surface area is 128 Å². The summed E-state index contributed by atoms with van der Waals surface area (Å²) < 4.78 is 6.90. The molecule has 3 rings (SSSR count). The molecule has 0 aliphatic carbocycles. The molecule has 0 N–H and O–H groups in total. The van der Waals surface area contributed by atoms with Gasteiger partial charge in [0.1, 0.15) is 11.3 Å². The van der Waals surface area contributed by atoms with Crippen LogP contribution in [-0.4, -0.2) is 5.78 Å². The molecule has 0 spiro atoms. The van der Waals surface area contributed by atoms with Crippen molar-refractivity contribution in [1.29, 1.82) is 0 Å². The van der Waals surface area contributed by atoms with Crippen LogP contribution in [0.5, 0.6) is 0 Å². The molecule has 0 unspecified atom stereocenters. The highest BCUT2D eigenvalue weighted by Crippen LogP contribution is 2.29. The Morgan fingerprint density at radius 1 is 1.37 bits per heavy atom. The van der Waals surface area contributed by atoms with Gasteiger partial charge in [-0.15, -0.1) is 11.3 Å². The van der Waals surface area contributed by atoms with Crippen LogP contribution in [0.15, 0.2) is 40.1 Å². The second-order valence-electron chi connectivity index (χ2n) is 4.22. The minimum absolute atomic E-state index is 0.0565. The monoisotopic (exact) mass is 382 g/mol. The van der Waals surface area contributed by atoms with Gasteiger partial charge in [0.15, 0.2) is 5.78 Å². The van der Waals surface area contributed by atoms with Crippen molar-refractivity contribution in [2.45, 2.75) is 13.3 Å². The number of fused-ring (bicyclic) bond motifs is 1. The van der Waals surface area contributed by atoms with Gasteiger partial charge in [-0.05, 0) is 34.7 Å². The summed E-state index contributed by atoms with van der Waals surface area (Å²) in [6.45, 7) is 2.01. The van der Waals surface area contributed by atoms with Gasteiger partial charge in [-0.2, -0.15) is 0 Å². The van der Waals surface area contributed by atoms with E-state index >= 15 is 0 Å². The first-order chi connectivity index (χ1) is 9.20. The Bertz CT molecular complexity index is 754. The molecule has 0 bridgehead atoms. The zero-order valence-corrected chi connectivity index (χ0v) is 13.2. The third-order valence-electron chi connectivity index (χ3n) is 3.05. The maximum absolute atomic E-state index is 12.7. The van der Waals surface area contributed by atoms with Crippen LogP contribution < -0.4 is 0 Å². The SMILES string of the molecule is CCc1oc2ccccc2c1C(=O)c1csc(I)c1. The van der Waals surface area contributed by atoms with Crippen molar-refractivity contribution in [1.82, 2.24) is 0 Å². The predicted molar refractivity (Wildman–Crippen MR) is 86.1 cm³/mol. The summed E-state index contributed by atoms with van der Waals surface area (Å²) >= 11 is 3.81. The lowest BCUT2D eigenvalue weighted by molar-refractivity contribution is 0.103. The zero-order valence-electron chi connectivity index (χ0n) is 10.3. The number of thiophene rings is 1. The summed E-state index contributed by atoms with van der Waals surface area (Å²) in [6.07, 6.45) is 0.719. The molecule has 96 valence electrons. The molecule has 3 aromatic rings. The first kappa shape index (κ1) is 12.9. The summed E-state index contributed by atoms with van der Waals surface area (Å²) in [4.78, 5) is 12.7. The number of ketones is 1. The van der Waals surface area contributed by atoms with Crippen LogP contribution in [-0.2, 0) is 6.42 Å². The van der Waals surface area contributed by atoms with Crippen molar-refractivity contribution in [3.8, 4) is 0 Å². The smallest absolute Gasteiger partial charge is 0.198 e. The number of carbonyl (C=O) groups excluding carboxylic acids is 1. The zero-order chi connectivity index (χ0) is 13.4. The van der Waals surface area contributed by atoms with E-state index in [1.165, 1.54) is 0 Å². The second-order valence-corrected chi connectivity index (χ2v) is 7.02. The van der Waals surface area contributed by atoms with Gasteiger partial charge >= 0.3 is 0 Å². The van der Waals surface area contributed by atoms with Crippen molar-refractivity contribution in [2.75, 3.05) is 0 Å². The number of hydrogen-bond donors (Lipinski definition) is 0. The van der Waals surface area contributed by atoms with Crippen LogP contribution in [0.2, 0.25) is 0 Å². The number of aryl methyl sites for hydroxylation is 1. The van der Waals surface area contributed by atoms with E-state index in [0.717, 1.165) is 31.6 Å². The first-order valence-electron chi connectivity index (χ1n) is 6.00. The van der Waals surface area contributed by atoms with Crippen LogP contribution in [0, 0.1) is 2.88 Å². The lowest BCUT2D eigenvalue weighted by Crippen LogP contribution is -2.01. The number of hydrogen-bond acceptors (Lipinski definition) is 3. The summed E-state index contributed by atoms with van der Waals surface area (Å²) in [5, 5.41) is 2.82. The number of para-hydroxylation sites is 1. The molecule has 0 saturated heterocycles. The minimum atomic E-state index is 0.0565. The quantitative estimate of drug-likeness (QED) is 0.477. The number of furan rings is 1. The lowest BCUT2D eigenvalue weighted by atomic mass is 10.0. The molecule has 0 amide bonds. The Morgan fingerprint density at radius 2 is 2.16 bits per heavy atom. The number of rotatable bonds is 3. The van der Waals surface area contributed by atoms with Crippen LogP contribution in [0.25, 0.3) is 11.0 Å². The topological polar surface area (TPSA) is 30.2 Å². The Balaban J connectivity index is 2.21. The van der Waals surface area contributed by atoms with Crippen molar-refractivity contribution in [3.63, 3.8) is 0 Å². The highest BCUT2D eigenvalue weighted by Gasteiger charge is 2.21. The molecule has 0 aliphatic rings. The molecule has 19 heavy (non-hydrogen) atoms. The molecule has 0 atom stereocenters. The van der Waals surface area contributed by atoms with Crippen molar-refractivity contribution >= 4 is 50.7 Å². The first-order valence-corrected chi connectivity index (χ1v) is 7.95. The fourth-order valence-electron chi connectivity index (χ4n) is 2.17. The van der Waals surface area contributed by atoms with Crippen LogP contribution in [0.1, 0.15) is 28.6 Å². The summed E-state index contributed by atoms with van der Waals surface area (Å²) in [5.74, 6) is 0.827. The molecule has 2 heterocycles. The van der Waals surface area contributed by atoms with E-state index in [4.69, 9.17) is 4.42 Å². The average molecular weight is 382 g/mol. The average Bonchev–Trinajstić information content (AvgIpc) is 3.01. The van der Waals surface area contributed by atoms with E-state index in [1.54, 1.807) is 11.3 Å². The van der Waals surface area contributed by atoms with Crippen LogP contribution in [0.4, 0.5) is 0 Å².